The molecule has 0 bridgehead atoms. The third kappa shape index (κ3) is 4.74. The Morgan fingerprint density at radius 2 is 1.65 bits per heavy atom. The predicted octanol–water partition coefficient (Wildman–Crippen LogP) is 2.54. The Kier molecular flexibility index (Phi) is 9.86. The lowest BCUT2D eigenvalue weighted by atomic mass is 9.77. The van der Waals surface area contributed by atoms with Gasteiger partial charge in [0, 0.05) is 19.1 Å². The van der Waals surface area contributed by atoms with E-state index in [1.807, 2.05) is 4.90 Å². The Labute approximate surface area is 124 Å². The van der Waals surface area contributed by atoms with Crippen LogP contribution in [0.4, 0.5) is 0 Å². The highest BCUT2D eigenvalue weighted by atomic mass is 16.3. The SMILES string of the molecule is CCCC(CN)(CCC)C(=O)N(CCO)C(CC)CC. The maximum Gasteiger partial charge on any atom is 0.230 e. The lowest BCUT2D eigenvalue weighted by molar-refractivity contribution is -0.146. The third-order valence-electron chi connectivity index (χ3n) is 4.29. The van der Waals surface area contributed by atoms with Crippen molar-refractivity contribution in [2.24, 2.45) is 11.1 Å². The molecule has 3 N–H and O–H groups in total. The Balaban J connectivity index is 5.32. The zero-order valence-corrected chi connectivity index (χ0v) is 13.8. The molecule has 0 spiro atoms. The van der Waals surface area contributed by atoms with E-state index in [1.54, 1.807) is 0 Å². The summed E-state index contributed by atoms with van der Waals surface area (Å²) in [6.45, 7) is 9.21. The summed E-state index contributed by atoms with van der Waals surface area (Å²) < 4.78 is 0. The van der Waals surface area contributed by atoms with E-state index in [9.17, 15) is 9.90 Å². The van der Waals surface area contributed by atoms with Gasteiger partial charge in [0.05, 0.1) is 12.0 Å². The normalized spacial score (nSPS) is 11.9. The summed E-state index contributed by atoms with van der Waals surface area (Å²) in [5, 5.41) is 9.30. The first-order valence-electron chi connectivity index (χ1n) is 8.18. The van der Waals surface area contributed by atoms with Gasteiger partial charge in [-0.05, 0) is 25.7 Å². The summed E-state index contributed by atoms with van der Waals surface area (Å²) in [4.78, 5) is 14.9. The van der Waals surface area contributed by atoms with Gasteiger partial charge in [-0.25, -0.2) is 0 Å². The van der Waals surface area contributed by atoms with Crippen LogP contribution in [-0.4, -0.2) is 41.7 Å². The monoisotopic (exact) mass is 286 g/mol. The second-order valence-electron chi connectivity index (χ2n) is 5.68. The van der Waals surface area contributed by atoms with Crippen LogP contribution >= 0.6 is 0 Å². The lowest BCUT2D eigenvalue weighted by Gasteiger charge is -2.40. The van der Waals surface area contributed by atoms with Gasteiger partial charge in [-0.15, -0.1) is 0 Å². The maximum atomic E-state index is 13.1. The van der Waals surface area contributed by atoms with E-state index in [4.69, 9.17) is 5.73 Å². The number of nitrogens with two attached hydrogens (primary N) is 1. The van der Waals surface area contributed by atoms with Crippen molar-refractivity contribution in [2.45, 2.75) is 72.3 Å². The molecule has 0 atom stereocenters. The zero-order valence-electron chi connectivity index (χ0n) is 13.8. The highest BCUT2D eigenvalue weighted by Crippen LogP contribution is 2.32. The standard InChI is InChI=1S/C16H34N2O2/c1-5-9-16(13-17,10-6-2)15(20)18(11-12-19)14(7-3)8-4/h14,19H,5-13,17H2,1-4H3. The van der Waals surface area contributed by atoms with Crippen LogP contribution in [0.25, 0.3) is 0 Å². The van der Waals surface area contributed by atoms with Gasteiger partial charge in [-0.3, -0.25) is 4.79 Å². The first-order valence-corrected chi connectivity index (χ1v) is 8.18. The van der Waals surface area contributed by atoms with Crippen molar-refractivity contribution in [1.29, 1.82) is 0 Å². The molecule has 0 unspecified atom stereocenters. The quantitative estimate of drug-likeness (QED) is 0.613. The molecule has 20 heavy (non-hydrogen) atoms. The summed E-state index contributed by atoms with van der Waals surface area (Å²) in [6.07, 6.45) is 5.41. The van der Waals surface area contributed by atoms with Crippen LogP contribution in [0.15, 0.2) is 0 Å². The van der Waals surface area contributed by atoms with Crippen molar-refractivity contribution < 1.29 is 9.90 Å². The largest absolute Gasteiger partial charge is 0.395 e. The molecule has 0 heterocycles. The fraction of sp³-hybridized carbons (Fsp3) is 0.938. The Hall–Kier alpha value is -0.610. The van der Waals surface area contributed by atoms with Crippen molar-refractivity contribution in [3.05, 3.63) is 0 Å². The van der Waals surface area contributed by atoms with Gasteiger partial charge < -0.3 is 15.7 Å². The number of hydrogen-bond acceptors (Lipinski definition) is 3. The number of rotatable bonds is 11. The number of carbonyl (C=O) groups excluding carboxylic acids is 1. The molecule has 0 radical (unpaired) electrons. The van der Waals surface area contributed by atoms with Gasteiger partial charge >= 0.3 is 0 Å². The minimum absolute atomic E-state index is 0.0150. The fourth-order valence-electron chi connectivity index (χ4n) is 3.18. The molecular weight excluding hydrogens is 252 g/mol. The van der Waals surface area contributed by atoms with E-state index >= 15 is 0 Å². The Bertz CT molecular complexity index is 259. The average molecular weight is 286 g/mol. The summed E-state index contributed by atoms with van der Waals surface area (Å²) in [5.41, 5.74) is 5.54. The molecule has 4 nitrogen and oxygen atoms in total. The molecule has 0 aromatic rings. The highest BCUT2D eigenvalue weighted by Gasteiger charge is 2.39. The molecule has 1 amide bonds. The fourth-order valence-corrected chi connectivity index (χ4v) is 3.18. The molecular formula is C16H34N2O2. The van der Waals surface area contributed by atoms with Crippen molar-refractivity contribution in [3.63, 3.8) is 0 Å². The van der Waals surface area contributed by atoms with Crippen molar-refractivity contribution in [1.82, 2.24) is 4.90 Å². The van der Waals surface area contributed by atoms with E-state index in [2.05, 4.69) is 27.7 Å². The molecule has 0 aliphatic carbocycles. The van der Waals surface area contributed by atoms with Crippen LogP contribution in [0, 0.1) is 5.41 Å². The maximum absolute atomic E-state index is 13.1. The molecule has 0 saturated heterocycles. The molecule has 0 aromatic heterocycles. The first kappa shape index (κ1) is 19.4. The predicted molar refractivity (Wildman–Crippen MR) is 84.5 cm³/mol. The minimum Gasteiger partial charge on any atom is -0.395 e. The van der Waals surface area contributed by atoms with Crippen LogP contribution in [0.1, 0.15) is 66.2 Å². The van der Waals surface area contributed by atoms with Gasteiger partial charge in [-0.1, -0.05) is 40.5 Å². The molecule has 0 rings (SSSR count). The highest BCUT2D eigenvalue weighted by molar-refractivity contribution is 5.83. The second-order valence-corrected chi connectivity index (χ2v) is 5.68. The number of aliphatic hydroxyl groups is 1. The van der Waals surface area contributed by atoms with E-state index < -0.39 is 5.41 Å². The van der Waals surface area contributed by atoms with Crippen LogP contribution < -0.4 is 5.73 Å². The van der Waals surface area contributed by atoms with Gasteiger partial charge in [0.1, 0.15) is 0 Å². The molecule has 120 valence electrons. The third-order valence-corrected chi connectivity index (χ3v) is 4.29. The summed E-state index contributed by atoms with van der Waals surface area (Å²) >= 11 is 0. The van der Waals surface area contributed by atoms with Crippen LogP contribution in [0.5, 0.6) is 0 Å². The van der Waals surface area contributed by atoms with Crippen LogP contribution in [0.3, 0.4) is 0 Å². The van der Waals surface area contributed by atoms with Gasteiger partial charge in [0.25, 0.3) is 0 Å². The van der Waals surface area contributed by atoms with Crippen molar-refractivity contribution >= 4 is 5.91 Å². The molecule has 0 fully saturated rings. The van der Waals surface area contributed by atoms with Gasteiger partial charge in [0.2, 0.25) is 5.91 Å². The minimum atomic E-state index is -0.443. The Morgan fingerprint density at radius 3 is 1.95 bits per heavy atom. The molecule has 0 aromatic carbocycles. The average Bonchev–Trinajstić information content (AvgIpc) is 2.46. The Morgan fingerprint density at radius 1 is 1.15 bits per heavy atom. The van der Waals surface area contributed by atoms with Gasteiger partial charge in [-0.2, -0.15) is 0 Å². The summed E-state index contributed by atoms with van der Waals surface area (Å²) in [6, 6.07) is 0.203. The van der Waals surface area contributed by atoms with E-state index in [-0.39, 0.29) is 18.6 Å². The van der Waals surface area contributed by atoms with E-state index in [1.165, 1.54) is 0 Å². The first-order chi connectivity index (χ1) is 9.56. The lowest BCUT2D eigenvalue weighted by Crippen LogP contribution is -2.52. The molecule has 0 aliphatic rings. The second kappa shape index (κ2) is 10.2. The van der Waals surface area contributed by atoms with E-state index in [0.717, 1.165) is 38.5 Å². The number of nitrogens with zero attached hydrogens (tertiary/aromatic N) is 1. The molecule has 0 saturated carbocycles. The number of hydrogen-bond donors (Lipinski definition) is 2. The number of amides is 1. The zero-order chi connectivity index (χ0) is 15.6. The van der Waals surface area contributed by atoms with Crippen molar-refractivity contribution in [3.8, 4) is 0 Å². The van der Waals surface area contributed by atoms with Gasteiger partial charge in [0.15, 0.2) is 0 Å². The summed E-state index contributed by atoms with van der Waals surface area (Å²) in [5.74, 6) is 0.145. The van der Waals surface area contributed by atoms with E-state index in [0.29, 0.717) is 13.1 Å². The number of carbonyl (C=O) groups is 1. The summed E-state index contributed by atoms with van der Waals surface area (Å²) in [7, 11) is 0. The number of aliphatic hydroxyl groups excluding tert-OH is 1. The molecule has 4 heteroatoms. The van der Waals surface area contributed by atoms with Crippen LogP contribution in [-0.2, 0) is 4.79 Å². The van der Waals surface area contributed by atoms with Crippen molar-refractivity contribution in [2.75, 3.05) is 19.7 Å². The topological polar surface area (TPSA) is 66.6 Å². The molecule has 0 aliphatic heterocycles. The van der Waals surface area contributed by atoms with Crippen LogP contribution in [0.2, 0.25) is 0 Å². The smallest absolute Gasteiger partial charge is 0.230 e.